The molecule has 2 N–H and O–H groups in total. The first-order valence-electron chi connectivity index (χ1n) is 7.32. The molecule has 2 aromatic carbocycles. The number of hydrogen-bond acceptors (Lipinski definition) is 4. The van der Waals surface area contributed by atoms with E-state index < -0.39 is 17.9 Å². The van der Waals surface area contributed by atoms with E-state index in [1.165, 1.54) is 0 Å². The Balaban J connectivity index is 2.35. The van der Waals surface area contributed by atoms with Crippen molar-refractivity contribution in [2.24, 2.45) is 0 Å². The molecule has 0 bridgehead atoms. The monoisotopic (exact) mass is 312 g/mol. The summed E-state index contributed by atoms with van der Waals surface area (Å²) in [6.07, 6.45) is 1.08. The van der Waals surface area contributed by atoms with Crippen molar-refractivity contribution >= 4 is 5.97 Å². The van der Waals surface area contributed by atoms with Gasteiger partial charge in [-0.2, -0.15) is 0 Å². The summed E-state index contributed by atoms with van der Waals surface area (Å²) in [5.74, 6) is -4.09. The van der Waals surface area contributed by atoms with Crippen molar-refractivity contribution in [3.8, 4) is 0 Å². The maximum Gasteiger partial charge on any atom is 0.346 e. The predicted octanol–water partition coefficient (Wildman–Crippen LogP) is 2.97. The van der Waals surface area contributed by atoms with Crippen LogP contribution in [0.2, 0.25) is 0 Å². The summed E-state index contributed by atoms with van der Waals surface area (Å²) in [4.78, 5) is 12.6. The number of esters is 1. The van der Waals surface area contributed by atoms with Crippen molar-refractivity contribution in [1.82, 2.24) is 0 Å². The van der Waals surface area contributed by atoms with Crippen LogP contribution in [-0.4, -0.2) is 22.2 Å². The highest BCUT2D eigenvalue weighted by Gasteiger charge is 2.32. The molecule has 0 radical (unpaired) electrons. The quantitative estimate of drug-likeness (QED) is 0.506. The molecule has 4 nitrogen and oxygen atoms in total. The maximum atomic E-state index is 12.6. The first-order valence-corrected chi connectivity index (χ1v) is 7.32. The fraction of sp³-hybridized carbons (Fsp3) is 0.211. The van der Waals surface area contributed by atoms with Crippen LogP contribution in [0.5, 0.6) is 0 Å². The molecule has 0 spiro atoms. The molecule has 0 unspecified atom stereocenters. The number of carbonyl (C=O) groups excluding carboxylic acids is 1. The molecule has 0 aromatic heterocycles. The summed E-state index contributed by atoms with van der Waals surface area (Å²) in [6.45, 7) is 3.36. The highest BCUT2D eigenvalue weighted by atomic mass is 16.8. The van der Waals surface area contributed by atoms with Crippen molar-refractivity contribution in [2.75, 3.05) is 0 Å². The number of allylic oxidation sites excluding steroid dienone is 1. The van der Waals surface area contributed by atoms with Gasteiger partial charge in [-0.3, -0.25) is 4.79 Å². The molecule has 120 valence electrons. The van der Waals surface area contributed by atoms with Crippen LogP contribution < -0.4 is 0 Å². The molecule has 4 heteroatoms. The lowest BCUT2D eigenvalue weighted by Crippen LogP contribution is -2.35. The molecule has 0 saturated heterocycles. The minimum absolute atomic E-state index is 0.624. The molecule has 2 aromatic rings. The molecule has 0 amide bonds. The summed E-state index contributed by atoms with van der Waals surface area (Å²) in [6, 6.07) is 18.2. The zero-order valence-corrected chi connectivity index (χ0v) is 13.1. The van der Waals surface area contributed by atoms with Crippen LogP contribution in [0.1, 0.15) is 30.9 Å². The zero-order valence-electron chi connectivity index (χ0n) is 13.1. The Morgan fingerprint density at radius 3 is 1.78 bits per heavy atom. The molecule has 0 heterocycles. The van der Waals surface area contributed by atoms with Gasteiger partial charge in [0.1, 0.15) is 5.92 Å². The van der Waals surface area contributed by atoms with Crippen molar-refractivity contribution in [1.29, 1.82) is 0 Å². The summed E-state index contributed by atoms with van der Waals surface area (Å²) >= 11 is 0. The third kappa shape index (κ3) is 4.77. The Hall–Kier alpha value is -2.43. The van der Waals surface area contributed by atoms with E-state index >= 15 is 0 Å². The maximum absolute atomic E-state index is 12.6. The van der Waals surface area contributed by atoms with Gasteiger partial charge in [-0.1, -0.05) is 66.2 Å². The standard InChI is InChI=1S/C19H20O4/c1-14(2)13-19(21,22)23-18(20)17(15-9-5-3-6-10-15)16-11-7-4-8-12-16/h3-13,17,21-22H,1-2H3. The van der Waals surface area contributed by atoms with E-state index in [0.29, 0.717) is 5.57 Å². The summed E-state index contributed by atoms with van der Waals surface area (Å²) in [5.41, 5.74) is 2.06. The van der Waals surface area contributed by atoms with Crippen molar-refractivity contribution in [3.05, 3.63) is 83.4 Å². The van der Waals surface area contributed by atoms with Crippen LogP contribution in [0, 0.1) is 0 Å². The Morgan fingerprint density at radius 2 is 1.39 bits per heavy atom. The van der Waals surface area contributed by atoms with Crippen LogP contribution in [0.25, 0.3) is 0 Å². The number of benzene rings is 2. The van der Waals surface area contributed by atoms with Crippen LogP contribution in [0.3, 0.4) is 0 Å². The normalized spacial score (nSPS) is 11.2. The Labute approximate surface area is 135 Å². The summed E-state index contributed by atoms with van der Waals surface area (Å²) in [5, 5.41) is 19.7. The SMILES string of the molecule is CC(C)=CC(O)(O)OC(=O)C(c1ccccc1)c1ccccc1. The zero-order chi connectivity index (χ0) is 16.9. The van der Waals surface area contributed by atoms with Gasteiger partial charge < -0.3 is 14.9 Å². The van der Waals surface area contributed by atoms with E-state index in [2.05, 4.69) is 0 Å². The average molecular weight is 312 g/mol. The molecule has 0 atom stereocenters. The molecule has 0 saturated carbocycles. The molecule has 2 rings (SSSR count). The van der Waals surface area contributed by atoms with Crippen molar-refractivity contribution in [2.45, 2.75) is 25.7 Å². The molecule has 0 aliphatic rings. The molecule has 23 heavy (non-hydrogen) atoms. The van der Waals surface area contributed by atoms with Crippen LogP contribution in [-0.2, 0) is 9.53 Å². The molecular weight excluding hydrogens is 292 g/mol. The second-order valence-electron chi connectivity index (χ2n) is 5.56. The fourth-order valence-electron chi connectivity index (χ4n) is 2.37. The van der Waals surface area contributed by atoms with Crippen LogP contribution >= 0.6 is 0 Å². The summed E-state index contributed by atoms with van der Waals surface area (Å²) in [7, 11) is 0. The van der Waals surface area contributed by atoms with Gasteiger partial charge in [0.15, 0.2) is 0 Å². The van der Waals surface area contributed by atoms with Gasteiger partial charge in [-0.05, 0) is 25.0 Å². The second kappa shape index (κ2) is 7.22. The predicted molar refractivity (Wildman–Crippen MR) is 87.4 cm³/mol. The second-order valence-corrected chi connectivity index (χ2v) is 5.56. The average Bonchev–Trinajstić information content (AvgIpc) is 2.47. The summed E-state index contributed by atoms with van der Waals surface area (Å²) < 4.78 is 4.92. The molecule has 0 aliphatic heterocycles. The van der Waals surface area contributed by atoms with E-state index in [1.807, 2.05) is 36.4 Å². The van der Waals surface area contributed by atoms with E-state index in [9.17, 15) is 15.0 Å². The van der Waals surface area contributed by atoms with Gasteiger partial charge in [0.25, 0.3) is 0 Å². The number of aliphatic hydroxyl groups is 2. The minimum atomic E-state index is -2.63. The smallest absolute Gasteiger partial charge is 0.346 e. The highest BCUT2D eigenvalue weighted by molar-refractivity contribution is 5.82. The molecular formula is C19H20O4. The molecule has 0 aliphatic carbocycles. The number of hydrogen-bond donors (Lipinski definition) is 2. The van der Waals surface area contributed by atoms with E-state index in [0.717, 1.165) is 17.2 Å². The highest BCUT2D eigenvalue weighted by Crippen LogP contribution is 2.27. The van der Waals surface area contributed by atoms with Gasteiger partial charge in [0, 0.05) is 6.08 Å². The van der Waals surface area contributed by atoms with Gasteiger partial charge in [-0.15, -0.1) is 0 Å². The Bertz CT molecular complexity index is 632. The van der Waals surface area contributed by atoms with Gasteiger partial charge in [-0.25, -0.2) is 0 Å². The molecule has 0 fully saturated rings. The Morgan fingerprint density at radius 1 is 0.957 bits per heavy atom. The van der Waals surface area contributed by atoms with Gasteiger partial charge in [0.05, 0.1) is 0 Å². The van der Waals surface area contributed by atoms with Crippen LogP contribution in [0.4, 0.5) is 0 Å². The Kier molecular flexibility index (Phi) is 5.32. The lowest BCUT2D eigenvalue weighted by molar-refractivity contribution is -0.287. The number of rotatable bonds is 5. The number of carbonyl (C=O) groups is 1. The van der Waals surface area contributed by atoms with E-state index in [1.54, 1.807) is 38.1 Å². The first-order chi connectivity index (χ1) is 10.9. The van der Waals surface area contributed by atoms with Crippen molar-refractivity contribution < 1.29 is 19.7 Å². The fourth-order valence-corrected chi connectivity index (χ4v) is 2.37. The topological polar surface area (TPSA) is 66.8 Å². The largest absolute Gasteiger partial charge is 0.404 e. The lowest BCUT2D eigenvalue weighted by atomic mass is 9.91. The van der Waals surface area contributed by atoms with Crippen molar-refractivity contribution in [3.63, 3.8) is 0 Å². The third-order valence-corrected chi connectivity index (χ3v) is 3.23. The third-order valence-electron chi connectivity index (χ3n) is 3.23. The minimum Gasteiger partial charge on any atom is -0.404 e. The number of ether oxygens (including phenoxy) is 1. The lowest BCUT2D eigenvalue weighted by Gasteiger charge is -2.23. The first kappa shape index (κ1) is 16.9. The van der Waals surface area contributed by atoms with Gasteiger partial charge >= 0.3 is 11.9 Å². The van der Waals surface area contributed by atoms with E-state index in [4.69, 9.17) is 4.74 Å². The van der Waals surface area contributed by atoms with E-state index in [-0.39, 0.29) is 0 Å². The van der Waals surface area contributed by atoms with Gasteiger partial charge in [0.2, 0.25) is 0 Å². The van der Waals surface area contributed by atoms with Crippen LogP contribution in [0.15, 0.2) is 72.3 Å².